The zero-order valence-electron chi connectivity index (χ0n) is 13.8. The van der Waals surface area contributed by atoms with Crippen LogP contribution in [-0.2, 0) is 11.3 Å². The number of hydrogen-bond acceptors (Lipinski definition) is 2. The maximum atomic E-state index is 12.4. The van der Waals surface area contributed by atoms with E-state index in [0.717, 1.165) is 12.5 Å². The van der Waals surface area contributed by atoms with Gasteiger partial charge in [0, 0.05) is 18.6 Å². The van der Waals surface area contributed by atoms with Crippen molar-refractivity contribution in [2.45, 2.75) is 58.2 Å². The van der Waals surface area contributed by atoms with Crippen molar-refractivity contribution in [2.24, 2.45) is 11.8 Å². The molecule has 1 amide bonds. The molecule has 2 aliphatic rings. The van der Waals surface area contributed by atoms with Crippen LogP contribution in [0.3, 0.4) is 0 Å². The lowest BCUT2D eigenvalue weighted by molar-refractivity contribution is -0.123. The number of carbonyl (C=O) groups is 1. The van der Waals surface area contributed by atoms with Crippen LogP contribution in [-0.4, -0.2) is 29.4 Å². The Bertz CT molecular complexity index is 493. The number of rotatable bonds is 8. The lowest BCUT2D eigenvalue weighted by Gasteiger charge is -2.29. The van der Waals surface area contributed by atoms with E-state index in [1.165, 1.54) is 31.2 Å². The highest BCUT2D eigenvalue weighted by molar-refractivity contribution is 5.78. The van der Waals surface area contributed by atoms with Crippen LogP contribution in [0.1, 0.15) is 45.1 Å². The first-order valence-electron chi connectivity index (χ1n) is 8.71. The van der Waals surface area contributed by atoms with Crippen LogP contribution in [0.5, 0.6) is 0 Å². The lowest BCUT2D eigenvalue weighted by Crippen LogP contribution is -2.45. The number of benzene rings is 1. The van der Waals surface area contributed by atoms with Gasteiger partial charge in [-0.15, -0.1) is 0 Å². The molecule has 2 unspecified atom stereocenters. The largest absolute Gasteiger partial charge is 0.352 e. The summed E-state index contributed by atoms with van der Waals surface area (Å²) in [5.41, 5.74) is 1.29. The monoisotopic (exact) mass is 300 g/mol. The van der Waals surface area contributed by atoms with Crippen LogP contribution in [0.2, 0.25) is 0 Å². The quantitative estimate of drug-likeness (QED) is 0.799. The number of hydrogen-bond donors (Lipinski definition) is 1. The first-order valence-corrected chi connectivity index (χ1v) is 8.71. The normalized spacial score (nSPS) is 20.7. The van der Waals surface area contributed by atoms with Crippen LogP contribution >= 0.6 is 0 Å². The van der Waals surface area contributed by atoms with Gasteiger partial charge in [-0.2, -0.15) is 0 Å². The van der Waals surface area contributed by atoms with E-state index < -0.39 is 0 Å². The summed E-state index contributed by atoms with van der Waals surface area (Å²) in [5.74, 6) is 1.67. The number of nitrogens with zero attached hydrogens (tertiary/aromatic N) is 1. The Kier molecular flexibility index (Phi) is 4.82. The summed E-state index contributed by atoms with van der Waals surface area (Å²) >= 11 is 0. The average molecular weight is 300 g/mol. The molecule has 2 aliphatic carbocycles. The second kappa shape index (κ2) is 6.82. The van der Waals surface area contributed by atoms with Gasteiger partial charge >= 0.3 is 0 Å². The minimum absolute atomic E-state index is 0.183. The Balaban J connectivity index is 1.58. The summed E-state index contributed by atoms with van der Waals surface area (Å²) in [6.45, 7) is 5.80. The van der Waals surface area contributed by atoms with E-state index >= 15 is 0 Å². The van der Waals surface area contributed by atoms with Gasteiger partial charge in [0.05, 0.1) is 6.54 Å². The van der Waals surface area contributed by atoms with Gasteiger partial charge in [0.25, 0.3) is 0 Å². The Hall–Kier alpha value is -1.35. The topological polar surface area (TPSA) is 32.3 Å². The molecule has 2 atom stereocenters. The van der Waals surface area contributed by atoms with Gasteiger partial charge in [-0.05, 0) is 56.9 Å². The van der Waals surface area contributed by atoms with E-state index in [1.54, 1.807) is 0 Å². The molecule has 1 aromatic rings. The van der Waals surface area contributed by atoms with Crippen molar-refractivity contribution in [3.63, 3.8) is 0 Å². The van der Waals surface area contributed by atoms with E-state index in [9.17, 15) is 4.79 Å². The molecule has 0 spiro atoms. The zero-order chi connectivity index (χ0) is 15.5. The number of amides is 1. The van der Waals surface area contributed by atoms with Gasteiger partial charge < -0.3 is 5.32 Å². The molecule has 0 radical (unpaired) electrons. The number of carbonyl (C=O) groups excluding carboxylic acids is 1. The SMILES string of the molecule is CC(NC(=O)CN(Cc1ccccc1)C(C)C1CC1)C1CC1. The maximum absolute atomic E-state index is 12.4. The van der Waals surface area contributed by atoms with Crippen molar-refractivity contribution >= 4 is 5.91 Å². The van der Waals surface area contributed by atoms with Crippen molar-refractivity contribution in [1.29, 1.82) is 0 Å². The van der Waals surface area contributed by atoms with E-state index in [4.69, 9.17) is 0 Å². The van der Waals surface area contributed by atoms with Gasteiger partial charge in [0.15, 0.2) is 0 Å². The zero-order valence-corrected chi connectivity index (χ0v) is 13.8. The third-order valence-corrected chi connectivity index (χ3v) is 5.17. The van der Waals surface area contributed by atoms with E-state index in [-0.39, 0.29) is 5.91 Å². The minimum atomic E-state index is 0.183. The smallest absolute Gasteiger partial charge is 0.234 e. The molecule has 3 nitrogen and oxygen atoms in total. The third-order valence-electron chi connectivity index (χ3n) is 5.17. The van der Waals surface area contributed by atoms with Gasteiger partial charge in [0.1, 0.15) is 0 Å². The second-order valence-corrected chi connectivity index (χ2v) is 7.16. The van der Waals surface area contributed by atoms with Crippen molar-refractivity contribution in [1.82, 2.24) is 10.2 Å². The molecule has 0 bridgehead atoms. The Labute approximate surface area is 134 Å². The fourth-order valence-electron chi connectivity index (χ4n) is 3.24. The van der Waals surface area contributed by atoms with Crippen LogP contribution < -0.4 is 5.32 Å². The van der Waals surface area contributed by atoms with Crippen molar-refractivity contribution in [2.75, 3.05) is 6.54 Å². The van der Waals surface area contributed by atoms with Gasteiger partial charge in [-0.25, -0.2) is 0 Å². The molecule has 22 heavy (non-hydrogen) atoms. The van der Waals surface area contributed by atoms with Gasteiger partial charge in [0.2, 0.25) is 5.91 Å². The summed E-state index contributed by atoms with van der Waals surface area (Å²) in [5, 5.41) is 3.19. The molecule has 2 fully saturated rings. The summed E-state index contributed by atoms with van der Waals surface area (Å²) in [6.07, 6.45) is 5.17. The maximum Gasteiger partial charge on any atom is 0.234 e. The summed E-state index contributed by atoms with van der Waals surface area (Å²) < 4.78 is 0. The standard InChI is InChI=1S/C19H28N2O/c1-14(17-8-9-17)20-19(22)13-21(15(2)18-10-11-18)12-16-6-4-3-5-7-16/h3-7,14-15,17-18H,8-13H2,1-2H3,(H,20,22). The Morgan fingerprint density at radius 2 is 1.77 bits per heavy atom. The molecule has 1 N–H and O–H groups in total. The highest BCUT2D eigenvalue weighted by Gasteiger charge is 2.34. The molecule has 3 heteroatoms. The summed E-state index contributed by atoms with van der Waals surface area (Å²) in [4.78, 5) is 14.7. The molecule has 3 rings (SSSR count). The highest BCUT2D eigenvalue weighted by Crippen LogP contribution is 2.35. The fourth-order valence-corrected chi connectivity index (χ4v) is 3.24. The van der Waals surface area contributed by atoms with E-state index in [2.05, 4.69) is 48.3 Å². The van der Waals surface area contributed by atoms with Gasteiger partial charge in [-0.1, -0.05) is 30.3 Å². The Morgan fingerprint density at radius 1 is 1.14 bits per heavy atom. The number of nitrogens with one attached hydrogen (secondary N) is 1. The molecule has 120 valence electrons. The molecule has 1 aromatic carbocycles. The molecule has 0 aliphatic heterocycles. The van der Waals surface area contributed by atoms with Gasteiger partial charge in [-0.3, -0.25) is 9.69 Å². The van der Waals surface area contributed by atoms with Crippen molar-refractivity contribution in [3.05, 3.63) is 35.9 Å². The van der Waals surface area contributed by atoms with Crippen LogP contribution in [0.15, 0.2) is 30.3 Å². The molecule has 2 saturated carbocycles. The molecular weight excluding hydrogens is 272 g/mol. The van der Waals surface area contributed by atoms with E-state index in [1.807, 2.05) is 6.07 Å². The highest BCUT2D eigenvalue weighted by atomic mass is 16.2. The summed E-state index contributed by atoms with van der Waals surface area (Å²) in [7, 11) is 0. The van der Waals surface area contributed by atoms with Crippen molar-refractivity contribution < 1.29 is 4.79 Å². The first kappa shape index (κ1) is 15.5. The van der Waals surface area contributed by atoms with Crippen LogP contribution in [0.4, 0.5) is 0 Å². The van der Waals surface area contributed by atoms with Crippen LogP contribution in [0, 0.1) is 11.8 Å². The predicted octanol–water partition coefficient (Wildman–Crippen LogP) is 3.20. The molecule has 0 aromatic heterocycles. The van der Waals surface area contributed by atoms with Crippen LogP contribution in [0.25, 0.3) is 0 Å². The third kappa shape index (κ3) is 4.33. The van der Waals surface area contributed by atoms with E-state index in [0.29, 0.717) is 24.5 Å². The minimum Gasteiger partial charge on any atom is -0.352 e. The average Bonchev–Trinajstić information content (AvgIpc) is 3.40. The predicted molar refractivity (Wildman–Crippen MR) is 89.4 cm³/mol. The molecule has 0 heterocycles. The lowest BCUT2D eigenvalue weighted by atomic mass is 10.1. The fraction of sp³-hybridized carbons (Fsp3) is 0.632. The van der Waals surface area contributed by atoms with Crippen molar-refractivity contribution in [3.8, 4) is 0 Å². The summed E-state index contributed by atoms with van der Waals surface area (Å²) in [6, 6.07) is 11.3. The second-order valence-electron chi connectivity index (χ2n) is 7.16. The molecule has 0 saturated heterocycles. The first-order chi connectivity index (χ1) is 10.6. The Morgan fingerprint density at radius 3 is 2.36 bits per heavy atom. The molecular formula is C19H28N2O.